The first-order chi connectivity index (χ1) is 10.5. The Morgan fingerprint density at radius 1 is 1.14 bits per heavy atom. The third kappa shape index (κ3) is 4.95. The van der Waals surface area contributed by atoms with E-state index in [1.165, 1.54) is 7.11 Å². The molecular formula is C16H23NO5. The number of amides is 1. The fraction of sp³-hybridized carbons (Fsp3) is 0.500. The van der Waals surface area contributed by atoms with Gasteiger partial charge in [-0.2, -0.15) is 0 Å². The Bertz CT molecular complexity index is 515. The fourth-order valence-corrected chi connectivity index (χ4v) is 2.03. The van der Waals surface area contributed by atoms with Gasteiger partial charge in [0.2, 0.25) is 5.91 Å². The smallest absolute Gasteiger partial charge is 0.328 e. The number of esters is 1. The van der Waals surface area contributed by atoms with E-state index >= 15 is 0 Å². The summed E-state index contributed by atoms with van der Waals surface area (Å²) in [6, 6.07) is 4.92. The highest BCUT2D eigenvalue weighted by Gasteiger charge is 2.19. The van der Waals surface area contributed by atoms with Gasteiger partial charge in [-0.05, 0) is 30.5 Å². The molecule has 1 amide bonds. The van der Waals surface area contributed by atoms with Gasteiger partial charge in [0.05, 0.1) is 21.3 Å². The number of ether oxygens (including phenoxy) is 3. The summed E-state index contributed by atoms with van der Waals surface area (Å²) in [6.45, 7) is 1.82. The van der Waals surface area contributed by atoms with Gasteiger partial charge in [-0.3, -0.25) is 4.79 Å². The second kappa shape index (κ2) is 8.92. The van der Waals surface area contributed by atoms with Crippen LogP contribution in [0.15, 0.2) is 18.2 Å². The molecule has 6 nitrogen and oxygen atoms in total. The lowest BCUT2D eigenvalue weighted by Crippen LogP contribution is -2.41. The molecular weight excluding hydrogens is 286 g/mol. The molecule has 1 aromatic carbocycles. The Balaban J connectivity index is 2.58. The van der Waals surface area contributed by atoms with Gasteiger partial charge in [0.25, 0.3) is 0 Å². The Hall–Kier alpha value is -2.24. The maximum Gasteiger partial charge on any atom is 0.328 e. The van der Waals surface area contributed by atoms with Crippen molar-refractivity contribution in [1.29, 1.82) is 0 Å². The van der Waals surface area contributed by atoms with Crippen LogP contribution in [0.4, 0.5) is 0 Å². The zero-order valence-electron chi connectivity index (χ0n) is 13.5. The monoisotopic (exact) mass is 309 g/mol. The van der Waals surface area contributed by atoms with Gasteiger partial charge in [-0.15, -0.1) is 0 Å². The Morgan fingerprint density at radius 3 is 2.36 bits per heavy atom. The van der Waals surface area contributed by atoms with E-state index in [9.17, 15) is 9.59 Å². The van der Waals surface area contributed by atoms with Crippen LogP contribution in [0.1, 0.15) is 25.3 Å². The second-order valence-electron chi connectivity index (χ2n) is 4.74. The minimum absolute atomic E-state index is 0.188. The maximum absolute atomic E-state index is 11.9. The van der Waals surface area contributed by atoms with Crippen molar-refractivity contribution in [1.82, 2.24) is 5.32 Å². The first-order valence-electron chi connectivity index (χ1n) is 7.13. The van der Waals surface area contributed by atoms with E-state index in [0.29, 0.717) is 24.3 Å². The van der Waals surface area contributed by atoms with E-state index < -0.39 is 12.0 Å². The van der Waals surface area contributed by atoms with Crippen molar-refractivity contribution < 1.29 is 23.8 Å². The van der Waals surface area contributed by atoms with Crippen LogP contribution in [0.25, 0.3) is 0 Å². The second-order valence-corrected chi connectivity index (χ2v) is 4.74. The summed E-state index contributed by atoms with van der Waals surface area (Å²) < 4.78 is 15.0. The van der Waals surface area contributed by atoms with E-state index in [4.69, 9.17) is 9.47 Å². The lowest BCUT2D eigenvalue weighted by molar-refractivity contribution is -0.145. The zero-order valence-corrected chi connectivity index (χ0v) is 13.5. The molecule has 0 fully saturated rings. The highest BCUT2D eigenvalue weighted by molar-refractivity contribution is 5.84. The molecule has 1 unspecified atom stereocenters. The summed E-state index contributed by atoms with van der Waals surface area (Å²) in [5.74, 6) is 0.655. The highest BCUT2D eigenvalue weighted by atomic mass is 16.5. The molecule has 0 bridgehead atoms. The predicted octanol–water partition coefficient (Wildman–Crippen LogP) is 1.70. The summed E-state index contributed by atoms with van der Waals surface area (Å²) >= 11 is 0. The molecule has 1 rings (SSSR count). The molecule has 1 N–H and O–H groups in total. The normalized spacial score (nSPS) is 11.5. The van der Waals surface area contributed by atoms with Gasteiger partial charge < -0.3 is 19.5 Å². The average Bonchev–Trinajstić information content (AvgIpc) is 2.56. The number of rotatable bonds is 8. The van der Waals surface area contributed by atoms with Crippen molar-refractivity contribution in [3.63, 3.8) is 0 Å². The quantitative estimate of drug-likeness (QED) is 0.740. The molecule has 122 valence electrons. The topological polar surface area (TPSA) is 73.9 Å². The summed E-state index contributed by atoms with van der Waals surface area (Å²) in [5.41, 5.74) is 0.957. The van der Waals surface area contributed by atoms with Crippen molar-refractivity contribution in [2.24, 2.45) is 0 Å². The number of aryl methyl sites for hydroxylation is 1. The largest absolute Gasteiger partial charge is 0.493 e. The van der Waals surface area contributed by atoms with Gasteiger partial charge in [0, 0.05) is 6.42 Å². The molecule has 0 saturated carbocycles. The van der Waals surface area contributed by atoms with Gasteiger partial charge in [-0.25, -0.2) is 4.79 Å². The van der Waals surface area contributed by atoms with E-state index in [2.05, 4.69) is 10.1 Å². The third-order valence-electron chi connectivity index (χ3n) is 3.32. The molecule has 1 aromatic rings. The van der Waals surface area contributed by atoms with Crippen LogP contribution in [-0.2, 0) is 20.7 Å². The lowest BCUT2D eigenvalue weighted by Gasteiger charge is -2.14. The number of hydrogen-bond acceptors (Lipinski definition) is 5. The average molecular weight is 309 g/mol. The lowest BCUT2D eigenvalue weighted by atomic mass is 10.1. The molecule has 6 heteroatoms. The van der Waals surface area contributed by atoms with Crippen molar-refractivity contribution in [2.75, 3.05) is 21.3 Å². The number of nitrogens with one attached hydrogen (secondary N) is 1. The van der Waals surface area contributed by atoms with Crippen LogP contribution in [0, 0.1) is 0 Å². The Morgan fingerprint density at radius 2 is 1.82 bits per heavy atom. The van der Waals surface area contributed by atoms with Crippen LogP contribution in [-0.4, -0.2) is 39.2 Å². The van der Waals surface area contributed by atoms with E-state index in [-0.39, 0.29) is 12.3 Å². The predicted molar refractivity (Wildman–Crippen MR) is 82.1 cm³/mol. The zero-order chi connectivity index (χ0) is 16.5. The first kappa shape index (κ1) is 17.8. The molecule has 0 radical (unpaired) electrons. The fourth-order valence-electron chi connectivity index (χ4n) is 2.03. The maximum atomic E-state index is 11.9. The first-order valence-corrected chi connectivity index (χ1v) is 7.13. The Kier molecular flexibility index (Phi) is 7.22. The molecule has 0 aromatic heterocycles. The highest BCUT2D eigenvalue weighted by Crippen LogP contribution is 2.27. The Labute approximate surface area is 130 Å². The van der Waals surface area contributed by atoms with Crippen LogP contribution in [0.5, 0.6) is 11.5 Å². The number of benzene rings is 1. The van der Waals surface area contributed by atoms with Crippen LogP contribution in [0.3, 0.4) is 0 Å². The molecule has 22 heavy (non-hydrogen) atoms. The molecule has 0 saturated heterocycles. The summed E-state index contributed by atoms with van der Waals surface area (Å²) in [4.78, 5) is 23.3. The third-order valence-corrected chi connectivity index (χ3v) is 3.32. The number of carbonyl (C=O) groups excluding carboxylic acids is 2. The van der Waals surface area contributed by atoms with Crippen molar-refractivity contribution in [3.8, 4) is 11.5 Å². The molecule has 0 heterocycles. The van der Waals surface area contributed by atoms with Crippen LogP contribution >= 0.6 is 0 Å². The van der Waals surface area contributed by atoms with E-state index in [1.54, 1.807) is 20.3 Å². The standard InChI is InChI=1S/C16H23NO5/c1-5-12(16(19)22-4)17-15(18)9-7-11-6-8-13(20-2)14(10-11)21-3/h6,8,10,12H,5,7,9H2,1-4H3,(H,17,18). The number of methoxy groups -OCH3 is 3. The number of carbonyl (C=O) groups is 2. The minimum atomic E-state index is -0.595. The van der Waals surface area contributed by atoms with Crippen molar-refractivity contribution in [2.45, 2.75) is 32.2 Å². The van der Waals surface area contributed by atoms with Gasteiger partial charge >= 0.3 is 5.97 Å². The summed E-state index contributed by atoms with van der Waals surface area (Å²) in [5, 5.41) is 2.67. The summed E-state index contributed by atoms with van der Waals surface area (Å²) in [7, 11) is 4.44. The molecule has 0 aliphatic heterocycles. The van der Waals surface area contributed by atoms with Crippen LogP contribution in [0.2, 0.25) is 0 Å². The van der Waals surface area contributed by atoms with Gasteiger partial charge in [0.1, 0.15) is 6.04 Å². The van der Waals surface area contributed by atoms with E-state index in [1.807, 2.05) is 19.1 Å². The van der Waals surface area contributed by atoms with Crippen LogP contribution < -0.4 is 14.8 Å². The molecule has 0 aliphatic rings. The molecule has 0 spiro atoms. The summed E-state index contributed by atoms with van der Waals surface area (Å²) in [6.07, 6.45) is 1.32. The van der Waals surface area contributed by atoms with Crippen molar-refractivity contribution >= 4 is 11.9 Å². The van der Waals surface area contributed by atoms with E-state index in [0.717, 1.165) is 5.56 Å². The van der Waals surface area contributed by atoms with Gasteiger partial charge in [-0.1, -0.05) is 13.0 Å². The number of hydrogen-bond donors (Lipinski definition) is 1. The molecule has 1 atom stereocenters. The van der Waals surface area contributed by atoms with Crippen molar-refractivity contribution in [3.05, 3.63) is 23.8 Å². The SMILES string of the molecule is CCC(NC(=O)CCc1ccc(OC)c(OC)c1)C(=O)OC. The minimum Gasteiger partial charge on any atom is -0.493 e. The van der Waals surface area contributed by atoms with Gasteiger partial charge in [0.15, 0.2) is 11.5 Å². The molecule has 0 aliphatic carbocycles.